The van der Waals surface area contributed by atoms with Gasteiger partial charge in [0, 0.05) is 24.0 Å². The van der Waals surface area contributed by atoms with Crippen LogP contribution in [0, 0.1) is 0 Å². The van der Waals surface area contributed by atoms with E-state index in [-0.39, 0.29) is 6.04 Å². The van der Waals surface area contributed by atoms with Gasteiger partial charge < -0.3 is 15.0 Å². The van der Waals surface area contributed by atoms with Crippen LogP contribution in [0.3, 0.4) is 0 Å². The van der Waals surface area contributed by atoms with Crippen molar-refractivity contribution in [1.82, 2.24) is 9.55 Å². The summed E-state index contributed by atoms with van der Waals surface area (Å²) in [7, 11) is 0. The van der Waals surface area contributed by atoms with E-state index < -0.39 is 0 Å². The highest BCUT2D eigenvalue weighted by molar-refractivity contribution is 5.35. The molecule has 0 bridgehead atoms. The number of hydrogen-bond acceptors (Lipinski definition) is 3. The zero-order valence-corrected chi connectivity index (χ0v) is 10.6. The van der Waals surface area contributed by atoms with E-state index in [9.17, 15) is 0 Å². The molecule has 0 radical (unpaired) electrons. The van der Waals surface area contributed by atoms with Gasteiger partial charge in [-0.3, -0.25) is 0 Å². The highest BCUT2D eigenvalue weighted by Crippen LogP contribution is 2.25. The summed E-state index contributed by atoms with van der Waals surface area (Å²) in [5, 5.41) is 0. The first kappa shape index (κ1) is 12.6. The summed E-state index contributed by atoms with van der Waals surface area (Å²) in [6.07, 6.45) is 6.38. The lowest BCUT2D eigenvalue weighted by molar-refractivity contribution is 0.293. The van der Waals surface area contributed by atoms with Crippen LogP contribution in [-0.2, 0) is 6.54 Å². The number of benzene rings is 1. The lowest BCUT2D eigenvalue weighted by Gasteiger charge is -2.15. The Bertz CT molecular complexity index is 468. The maximum absolute atomic E-state index is 6.07. The molecule has 2 rings (SSSR count). The number of nitrogens with two attached hydrogens (primary N) is 1. The summed E-state index contributed by atoms with van der Waals surface area (Å²) < 4.78 is 7.79. The molecular weight excluding hydrogens is 226 g/mol. The van der Waals surface area contributed by atoms with E-state index in [4.69, 9.17) is 10.5 Å². The first-order valence-corrected chi connectivity index (χ1v) is 6.24. The van der Waals surface area contributed by atoms with E-state index in [1.807, 2.05) is 35.0 Å². The minimum absolute atomic E-state index is 0.0365. The third kappa shape index (κ3) is 3.11. The second-order valence-corrected chi connectivity index (χ2v) is 4.20. The van der Waals surface area contributed by atoms with Gasteiger partial charge in [-0.05, 0) is 12.5 Å². The fourth-order valence-electron chi connectivity index (χ4n) is 1.82. The number of ether oxygens (including phenoxy) is 1. The van der Waals surface area contributed by atoms with Gasteiger partial charge >= 0.3 is 0 Å². The Morgan fingerprint density at radius 2 is 2.22 bits per heavy atom. The maximum atomic E-state index is 6.07. The largest absolute Gasteiger partial charge is 0.491 e. The summed E-state index contributed by atoms with van der Waals surface area (Å²) in [6, 6.07) is 8.00. The molecule has 0 amide bonds. The van der Waals surface area contributed by atoms with Crippen molar-refractivity contribution in [3.8, 4) is 5.75 Å². The molecule has 1 aromatic carbocycles. The zero-order chi connectivity index (χ0) is 12.8. The predicted octanol–water partition coefficient (Wildman–Crippen LogP) is 2.37. The number of imidazole rings is 1. The smallest absolute Gasteiger partial charge is 0.124 e. The molecule has 1 atom stereocenters. The normalized spacial score (nSPS) is 12.3. The highest BCUT2D eigenvalue weighted by atomic mass is 16.5. The van der Waals surface area contributed by atoms with Crippen LogP contribution in [-0.4, -0.2) is 16.2 Å². The molecule has 0 saturated carbocycles. The quantitative estimate of drug-likeness (QED) is 0.850. The van der Waals surface area contributed by atoms with Gasteiger partial charge in [0.2, 0.25) is 0 Å². The van der Waals surface area contributed by atoms with E-state index in [1.165, 1.54) is 0 Å². The van der Waals surface area contributed by atoms with E-state index in [0.29, 0.717) is 6.61 Å². The monoisotopic (exact) mass is 245 g/mol. The number of para-hydroxylation sites is 1. The lowest BCUT2D eigenvalue weighted by atomic mass is 10.0. The third-order valence-electron chi connectivity index (χ3n) is 2.92. The van der Waals surface area contributed by atoms with Crippen LogP contribution in [0.2, 0.25) is 0 Å². The molecule has 1 unspecified atom stereocenters. The van der Waals surface area contributed by atoms with Gasteiger partial charge in [-0.1, -0.05) is 25.1 Å². The van der Waals surface area contributed by atoms with Crippen LogP contribution in [0.25, 0.3) is 0 Å². The molecular formula is C14H19N3O. The van der Waals surface area contributed by atoms with Gasteiger partial charge in [0.15, 0.2) is 0 Å². The van der Waals surface area contributed by atoms with Crippen molar-refractivity contribution in [3.05, 3.63) is 48.5 Å². The number of nitrogens with zero attached hydrogens (tertiary/aromatic N) is 2. The van der Waals surface area contributed by atoms with Crippen LogP contribution in [0.15, 0.2) is 43.0 Å². The van der Waals surface area contributed by atoms with E-state index in [2.05, 4.69) is 11.9 Å². The van der Waals surface area contributed by atoms with Crippen molar-refractivity contribution >= 4 is 0 Å². The van der Waals surface area contributed by atoms with Gasteiger partial charge in [0.1, 0.15) is 12.4 Å². The Morgan fingerprint density at radius 1 is 1.39 bits per heavy atom. The molecule has 0 aliphatic rings. The third-order valence-corrected chi connectivity index (χ3v) is 2.92. The van der Waals surface area contributed by atoms with Crippen LogP contribution >= 0.6 is 0 Å². The fraction of sp³-hybridized carbons (Fsp3) is 0.357. The molecule has 2 aromatic rings. The van der Waals surface area contributed by atoms with Crippen LogP contribution < -0.4 is 10.5 Å². The fourth-order valence-corrected chi connectivity index (χ4v) is 1.82. The lowest BCUT2D eigenvalue weighted by Crippen LogP contribution is -2.12. The first-order valence-electron chi connectivity index (χ1n) is 6.24. The number of hydrogen-bond donors (Lipinski definition) is 1. The SMILES string of the molecule is CCC(N)c1ccccc1OCCn1ccnc1. The average Bonchev–Trinajstić information content (AvgIpc) is 2.92. The second-order valence-electron chi connectivity index (χ2n) is 4.20. The molecule has 4 heteroatoms. The standard InChI is InChI=1S/C14H19N3O/c1-2-13(15)12-5-3-4-6-14(12)18-10-9-17-8-7-16-11-17/h3-8,11,13H,2,9-10,15H2,1H3. The Hall–Kier alpha value is -1.81. The molecule has 96 valence electrons. The van der Waals surface area contributed by atoms with Crippen molar-refractivity contribution < 1.29 is 4.74 Å². The molecule has 0 fully saturated rings. The van der Waals surface area contributed by atoms with Crippen molar-refractivity contribution in [2.45, 2.75) is 25.9 Å². The van der Waals surface area contributed by atoms with E-state index in [0.717, 1.165) is 24.3 Å². The predicted molar refractivity (Wildman–Crippen MR) is 71.4 cm³/mol. The zero-order valence-electron chi connectivity index (χ0n) is 10.6. The van der Waals surface area contributed by atoms with Gasteiger partial charge in [-0.2, -0.15) is 0 Å². The molecule has 1 heterocycles. The molecule has 4 nitrogen and oxygen atoms in total. The van der Waals surface area contributed by atoms with Crippen LogP contribution in [0.1, 0.15) is 24.9 Å². The highest BCUT2D eigenvalue weighted by Gasteiger charge is 2.09. The summed E-state index contributed by atoms with van der Waals surface area (Å²) in [5.41, 5.74) is 7.14. The summed E-state index contributed by atoms with van der Waals surface area (Å²) in [6.45, 7) is 3.48. The maximum Gasteiger partial charge on any atom is 0.124 e. The average molecular weight is 245 g/mol. The molecule has 0 aliphatic heterocycles. The molecule has 18 heavy (non-hydrogen) atoms. The van der Waals surface area contributed by atoms with Crippen LogP contribution in [0.5, 0.6) is 5.75 Å². The minimum Gasteiger partial charge on any atom is -0.491 e. The molecule has 0 spiro atoms. The van der Waals surface area contributed by atoms with E-state index in [1.54, 1.807) is 12.5 Å². The first-order chi connectivity index (χ1) is 8.81. The number of aromatic nitrogens is 2. The molecule has 0 saturated heterocycles. The summed E-state index contributed by atoms with van der Waals surface area (Å²) in [5.74, 6) is 0.881. The van der Waals surface area contributed by atoms with Gasteiger partial charge in [-0.15, -0.1) is 0 Å². The molecule has 1 aromatic heterocycles. The topological polar surface area (TPSA) is 53.1 Å². The number of rotatable bonds is 6. The van der Waals surface area contributed by atoms with Crippen molar-refractivity contribution in [3.63, 3.8) is 0 Å². The van der Waals surface area contributed by atoms with E-state index >= 15 is 0 Å². The van der Waals surface area contributed by atoms with Gasteiger partial charge in [0.25, 0.3) is 0 Å². The molecule has 0 aliphatic carbocycles. The summed E-state index contributed by atoms with van der Waals surface area (Å²) in [4.78, 5) is 3.99. The van der Waals surface area contributed by atoms with Gasteiger partial charge in [0.05, 0.1) is 12.9 Å². The summed E-state index contributed by atoms with van der Waals surface area (Å²) >= 11 is 0. The van der Waals surface area contributed by atoms with Crippen molar-refractivity contribution in [1.29, 1.82) is 0 Å². The Labute approximate surface area is 107 Å². The Kier molecular flexibility index (Phi) is 4.36. The van der Waals surface area contributed by atoms with Crippen molar-refractivity contribution in [2.24, 2.45) is 5.73 Å². The molecule has 2 N–H and O–H groups in total. The Morgan fingerprint density at radius 3 is 2.94 bits per heavy atom. The Balaban J connectivity index is 1.96. The van der Waals surface area contributed by atoms with Crippen molar-refractivity contribution in [2.75, 3.05) is 6.61 Å². The second kappa shape index (κ2) is 6.21. The van der Waals surface area contributed by atoms with Crippen LogP contribution in [0.4, 0.5) is 0 Å². The minimum atomic E-state index is 0.0365. The van der Waals surface area contributed by atoms with Gasteiger partial charge in [-0.25, -0.2) is 4.98 Å².